The van der Waals surface area contributed by atoms with E-state index in [1.165, 1.54) is 13.2 Å². The summed E-state index contributed by atoms with van der Waals surface area (Å²) in [5, 5.41) is 43.2. The Hall–Kier alpha value is -4.11. The van der Waals surface area contributed by atoms with Crippen molar-refractivity contribution in [2.45, 2.75) is 24.9 Å². The van der Waals surface area contributed by atoms with E-state index in [9.17, 15) is 34.8 Å². The zero-order valence-electron chi connectivity index (χ0n) is 18.7. The van der Waals surface area contributed by atoms with E-state index in [1.54, 1.807) is 24.3 Å². The Labute approximate surface area is 199 Å². The van der Waals surface area contributed by atoms with Crippen molar-refractivity contribution < 1.29 is 39.5 Å². The van der Waals surface area contributed by atoms with Crippen molar-refractivity contribution in [2.75, 3.05) is 7.11 Å². The molecule has 0 spiro atoms. The fourth-order valence-corrected chi connectivity index (χ4v) is 5.68. The second-order valence-electron chi connectivity index (χ2n) is 9.13. The van der Waals surface area contributed by atoms with Crippen LogP contribution in [0.4, 0.5) is 0 Å². The third-order valence-corrected chi connectivity index (χ3v) is 7.33. The molecule has 0 fully saturated rings. The van der Waals surface area contributed by atoms with Gasteiger partial charge in [0.1, 0.15) is 28.6 Å². The van der Waals surface area contributed by atoms with Crippen molar-refractivity contribution in [1.29, 1.82) is 0 Å². The Morgan fingerprint density at radius 2 is 1.86 bits per heavy atom. The third kappa shape index (κ3) is 3.08. The van der Waals surface area contributed by atoms with E-state index in [2.05, 4.69) is 0 Å². The number of benzene rings is 2. The van der Waals surface area contributed by atoms with Gasteiger partial charge < -0.3 is 30.9 Å². The largest absolute Gasteiger partial charge is 0.511 e. The molecule has 0 saturated heterocycles. The summed E-state index contributed by atoms with van der Waals surface area (Å²) in [6.45, 7) is 0. The molecule has 2 aromatic rings. The molecule has 2 aromatic carbocycles. The number of Topliss-reactive ketones (excluding diaryl/α,β-unsaturated/α-hetero) is 2. The first-order chi connectivity index (χ1) is 16.6. The lowest BCUT2D eigenvalue weighted by Crippen LogP contribution is -2.57. The first-order valence-corrected chi connectivity index (χ1v) is 11.1. The molecule has 0 aromatic heterocycles. The maximum Gasteiger partial charge on any atom is 0.255 e. The van der Waals surface area contributed by atoms with Crippen molar-refractivity contribution in [3.63, 3.8) is 0 Å². The van der Waals surface area contributed by atoms with Crippen LogP contribution in [0.1, 0.15) is 28.8 Å². The molecule has 35 heavy (non-hydrogen) atoms. The van der Waals surface area contributed by atoms with E-state index in [0.717, 1.165) is 5.56 Å². The fourth-order valence-electron chi connectivity index (χ4n) is 5.68. The maximum atomic E-state index is 13.6. The van der Waals surface area contributed by atoms with Crippen LogP contribution < -0.4 is 10.5 Å². The number of ether oxygens (including phenoxy) is 1. The van der Waals surface area contributed by atoms with Gasteiger partial charge in [-0.05, 0) is 53.6 Å². The van der Waals surface area contributed by atoms with Gasteiger partial charge in [0.15, 0.2) is 11.4 Å². The second-order valence-corrected chi connectivity index (χ2v) is 9.13. The first kappa shape index (κ1) is 22.7. The monoisotopic (exact) mass is 477 g/mol. The number of fused-ring (bicyclic) bond motifs is 3. The van der Waals surface area contributed by atoms with Gasteiger partial charge in [0.2, 0.25) is 5.78 Å². The highest BCUT2D eigenvalue weighted by molar-refractivity contribution is 6.24. The molecule has 5 rings (SSSR count). The Bertz CT molecular complexity index is 1390. The van der Waals surface area contributed by atoms with Crippen LogP contribution in [0, 0.1) is 11.8 Å². The van der Waals surface area contributed by atoms with E-state index >= 15 is 0 Å². The summed E-state index contributed by atoms with van der Waals surface area (Å²) in [7, 11) is 1.54. The molecule has 9 heteroatoms. The summed E-state index contributed by atoms with van der Waals surface area (Å²) in [4.78, 5) is 38.4. The summed E-state index contributed by atoms with van der Waals surface area (Å²) < 4.78 is 5.30. The number of aliphatic hydroxyl groups excluding tert-OH is 2. The highest BCUT2D eigenvalue weighted by Gasteiger charge is 2.59. The minimum absolute atomic E-state index is 0.0260. The van der Waals surface area contributed by atoms with E-state index < -0.39 is 52.0 Å². The van der Waals surface area contributed by atoms with E-state index in [0.29, 0.717) is 16.9 Å². The van der Waals surface area contributed by atoms with Crippen LogP contribution in [-0.2, 0) is 16.0 Å². The number of amides is 1. The minimum Gasteiger partial charge on any atom is -0.511 e. The van der Waals surface area contributed by atoms with Gasteiger partial charge in [0.05, 0.1) is 12.7 Å². The summed E-state index contributed by atoms with van der Waals surface area (Å²) in [6.07, 6.45) is 0.0453. The lowest BCUT2D eigenvalue weighted by Gasteiger charge is -2.45. The van der Waals surface area contributed by atoms with Gasteiger partial charge in [-0.25, -0.2) is 0 Å². The van der Waals surface area contributed by atoms with Gasteiger partial charge >= 0.3 is 0 Å². The van der Waals surface area contributed by atoms with Crippen molar-refractivity contribution in [3.05, 3.63) is 70.2 Å². The molecule has 1 amide bonds. The van der Waals surface area contributed by atoms with Crippen LogP contribution in [-0.4, -0.2) is 50.6 Å². The lowest BCUT2D eigenvalue weighted by atomic mass is 9.60. The average Bonchev–Trinajstić information content (AvgIpc) is 2.81. The lowest BCUT2D eigenvalue weighted by molar-refractivity contribution is -0.144. The molecule has 0 bridgehead atoms. The molecule has 0 unspecified atom stereocenters. The van der Waals surface area contributed by atoms with Crippen molar-refractivity contribution in [3.8, 4) is 22.6 Å². The number of hydrogen-bond donors (Lipinski definition) is 5. The Morgan fingerprint density at radius 1 is 1.11 bits per heavy atom. The Kier molecular flexibility index (Phi) is 4.99. The van der Waals surface area contributed by atoms with Crippen LogP contribution in [0.25, 0.3) is 11.1 Å². The molecule has 3 atom stereocenters. The second kappa shape index (κ2) is 7.71. The molecule has 0 heterocycles. The first-order valence-electron chi connectivity index (χ1n) is 11.1. The Balaban J connectivity index is 1.68. The van der Waals surface area contributed by atoms with Crippen LogP contribution in [0.3, 0.4) is 0 Å². The van der Waals surface area contributed by atoms with Gasteiger partial charge in [-0.1, -0.05) is 18.2 Å². The van der Waals surface area contributed by atoms with E-state index in [4.69, 9.17) is 10.5 Å². The molecule has 180 valence electrons. The summed E-state index contributed by atoms with van der Waals surface area (Å²) in [5.41, 5.74) is 3.66. The van der Waals surface area contributed by atoms with E-state index in [-0.39, 0.29) is 36.1 Å². The Morgan fingerprint density at radius 3 is 2.54 bits per heavy atom. The molecular formula is C26H23NO8. The molecule has 6 N–H and O–H groups in total. The molecule has 0 radical (unpaired) electrons. The van der Waals surface area contributed by atoms with Gasteiger partial charge in [0.25, 0.3) is 5.91 Å². The van der Waals surface area contributed by atoms with Gasteiger partial charge in [0, 0.05) is 17.9 Å². The summed E-state index contributed by atoms with van der Waals surface area (Å²) in [6, 6.07) is 10.3. The standard InChI is InChI=1S/C26H23NO8/c1-35-14-4-2-3-11(8-14)15-5-6-17(28)20-16(15)9-12-7-13-10-18(29)21(25(27)33)24(32)26(13,34)23(31)19(12)22(20)30/h2-6,8,12-13,28-29,31,34H,7,9-10H2,1H3,(H2,27,33)/t12-,13+,26+/m1/s1. The maximum absolute atomic E-state index is 13.6. The highest BCUT2D eigenvalue weighted by atomic mass is 16.5. The smallest absolute Gasteiger partial charge is 0.255 e. The molecule has 0 saturated carbocycles. The van der Waals surface area contributed by atoms with E-state index in [1.807, 2.05) is 6.07 Å². The predicted molar refractivity (Wildman–Crippen MR) is 123 cm³/mol. The number of nitrogens with two attached hydrogens (primary N) is 1. The van der Waals surface area contributed by atoms with Crippen molar-refractivity contribution >= 4 is 17.5 Å². The van der Waals surface area contributed by atoms with Crippen LogP contribution >= 0.6 is 0 Å². The predicted octanol–water partition coefficient (Wildman–Crippen LogP) is 2.26. The normalized spacial score (nSPS) is 25.7. The molecule has 9 nitrogen and oxygen atoms in total. The average molecular weight is 477 g/mol. The number of phenols is 1. The molecule has 0 aliphatic heterocycles. The quantitative estimate of drug-likeness (QED) is 0.420. The zero-order chi connectivity index (χ0) is 25.2. The zero-order valence-corrected chi connectivity index (χ0v) is 18.7. The number of aliphatic hydroxyl groups is 3. The number of aromatic hydroxyl groups is 1. The highest BCUT2D eigenvalue weighted by Crippen LogP contribution is 2.52. The van der Waals surface area contributed by atoms with Crippen LogP contribution in [0.15, 0.2) is 59.1 Å². The van der Waals surface area contributed by atoms with Gasteiger partial charge in [-0.2, -0.15) is 0 Å². The van der Waals surface area contributed by atoms with Crippen molar-refractivity contribution in [2.24, 2.45) is 17.6 Å². The molecule has 3 aliphatic carbocycles. The SMILES string of the molecule is COc1cccc(-c2ccc(O)c3c2C[C@H]2C[C@H]4CC(O)=C(C(N)=O)C(=O)[C@@]4(O)C(O)=C2C3=O)c1. The number of primary amides is 1. The molecular weight excluding hydrogens is 454 g/mol. The summed E-state index contributed by atoms with van der Waals surface area (Å²) >= 11 is 0. The summed E-state index contributed by atoms with van der Waals surface area (Å²) in [5.74, 6) is -5.86. The topological polar surface area (TPSA) is 167 Å². The van der Waals surface area contributed by atoms with Gasteiger partial charge in [-0.15, -0.1) is 0 Å². The number of hydrogen-bond acceptors (Lipinski definition) is 8. The number of phenolic OH excluding ortho intramolecular Hbond substituents is 1. The van der Waals surface area contributed by atoms with Crippen LogP contribution in [0.2, 0.25) is 0 Å². The third-order valence-electron chi connectivity index (χ3n) is 7.33. The van der Waals surface area contributed by atoms with Gasteiger partial charge in [-0.3, -0.25) is 14.4 Å². The number of rotatable bonds is 3. The number of allylic oxidation sites excluding steroid dienone is 2. The van der Waals surface area contributed by atoms with Crippen LogP contribution in [0.5, 0.6) is 11.5 Å². The number of ketones is 2. The fraction of sp³-hybridized carbons (Fsp3) is 0.269. The minimum atomic E-state index is -2.57. The number of carbonyl (C=O) groups is 3. The molecule has 3 aliphatic rings. The van der Waals surface area contributed by atoms with Crippen molar-refractivity contribution in [1.82, 2.24) is 0 Å². The number of carbonyl (C=O) groups excluding carboxylic acids is 3. The number of methoxy groups -OCH3 is 1.